The van der Waals surface area contributed by atoms with Crippen molar-refractivity contribution in [2.24, 2.45) is 5.73 Å². The van der Waals surface area contributed by atoms with Gasteiger partial charge in [0.1, 0.15) is 0 Å². The molecule has 0 radical (unpaired) electrons. The molecule has 0 aliphatic carbocycles. The third-order valence-electron chi connectivity index (χ3n) is 2.21. The molecule has 76 valence electrons. The number of aliphatic carboxylic acids is 1. The van der Waals surface area contributed by atoms with Crippen LogP contribution in [0.3, 0.4) is 0 Å². The Hall–Kier alpha value is -1.42. The highest BCUT2D eigenvalue weighted by Gasteiger charge is 2.15. The predicted octanol–water partition coefficient (Wildman–Crippen LogP) is 0.907. The largest absolute Gasteiger partial charge is 0.481 e. The van der Waals surface area contributed by atoms with E-state index >= 15 is 0 Å². The van der Waals surface area contributed by atoms with Gasteiger partial charge < -0.3 is 10.8 Å². The molecule has 0 spiro atoms. The maximum atomic E-state index is 10.6. The van der Waals surface area contributed by atoms with Gasteiger partial charge in [0.05, 0.1) is 6.42 Å². The number of carboxylic acid groups (broad SMARTS) is 1. The fourth-order valence-electron chi connectivity index (χ4n) is 1.47. The van der Waals surface area contributed by atoms with Gasteiger partial charge in [-0.25, -0.2) is 0 Å². The van der Waals surface area contributed by atoms with Gasteiger partial charge in [0, 0.05) is 18.3 Å². The lowest BCUT2D eigenvalue weighted by Crippen LogP contribution is -2.17. The number of aromatic nitrogens is 1. The Bertz CT molecular complexity index is 326. The third-order valence-corrected chi connectivity index (χ3v) is 2.21. The van der Waals surface area contributed by atoms with E-state index in [9.17, 15) is 4.79 Å². The van der Waals surface area contributed by atoms with E-state index < -0.39 is 5.97 Å². The van der Waals surface area contributed by atoms with Gasteiger partial charge in [0.25, 0.3) is 0 Å². The van der Waals surface area contributed by atoms with Crippen LogP contribution in [0.2, 0.25) is 0 Å². The molecule has 0 amide bonds. The molecule has 0 saturated carbocycles. The van der Waals surface area contributed by atoms with Crippen molar-refractivity contribution in [3.05, 3.63) is 29.6 Å². The molecule has 1 unspecified atom stereocenters. The first-order valence-corrected chi connectivity index (χ1v) is 4.47. The number of hydrogen-bond acceptors (Lipinski definition) is 3. The van der Waals surface area contributed by atoms with Crippen molar-refractivity contribution in [3.63, 3.8) is 0 Å². The molecular weight excluding hydrogens is 180 g/mol. The molecule has 0 aromatic carbocycles. The van der Waals surface area contributed by atoms with Gasteiger partial charge in [0.15, 0.2) is 0 Å². The van der Waals surface area contributed by atoms with Gasteiger partial charge in [-0.05, 0) is 30.7 Å². The zero-order valence-electron chi connectivity index (χ0n) is 8.10. The summed E-state index contributed by atoms with van der Waals surface area (Å²) in [5, 5.41) is 8.70. The summed E-state index contributed by atoms with van der Waals surface area (Å²) >= 11 is 0. The minimum Gasteiger partial charge on any atom is -0.481 e. The predicted molar refractivity (Wildman–Crippen MR) is 53.0 cm³/mol. The molecule has 0 aliphatic rings. The minimum atomic E-state index is -0.823. The summed E-state index contributed by atoms with van der Waals surface area (Å²) in [6, 6.07) is 1.83. The molecule has 1 aromatic heterocycles. The van der Waals surface area contributed by atoms with Gasteiger partial charge in [-0.2, -0.15) is 0 Å². The lowest BCUT2D eigenvalue weighted by Gasteiger charge is -2.14. The number of nitrogens with zero attached hydrogens (tertiary/aromatic N) is 1. The molecule has 1 atom stereocenters. The summed E-state index contributed by atoms with van der Waals surface area (Å²) in [4.78, 5) is 14.5. The number of aryl methyl sites for hydroxylation is 1. The van der Waals surface area contributed by atoms with Gasteiger partial charge in [0.2, 0.25) is 0 Å². The van der Waals surface area contributed by atoms with E-state index in [0.717, 1.165) is 11.1 Å². The molecule has 0 aliphatic heterocycles. The zero-order valence-corrected chi connectivity index (χ0v) is 8.10. The van der Waals surface area contributed by atoms with Crippen molar-refractivity contribution >= 4 is 5.97 Å². The summed E-state index contributed by atoms with van der Waals surface area (Å²) in [6.45, 7) is 2.25. The molecule has 0 bridgehead atoms. The highest BCUT2D eigenvalue weighted by atomic mass is 16.4. The lowest BCUT2D eigenvalue weighted by atomic mass is 9.93. The quantitative estimate of drug-likeness (QED) is 0.746. The molecule has 1 aromatic rings. The van der Waals surface area contributed by atoms with Crippen molar-refractivity contribution in [1.82, 2.24) is 4.98 Å². The fourth-order valence-corrected chi connectivity index (χ4v) is 1.47. The molecule has 0 saturated heterocycles. The molecule has 4 nitrogen and oxygen atoms in total. The minimum absolute atomic E-state index is 0.0708. The third kappa shape index (κ3) is 2.53. The van der Waals surface area contributed by atoms with E-state index in [0.29, 0.717) is 6.54 Å². The SMILES string of the molecule is Cc1cnccc1C(CN)CC(=O)O. The van der Waals surface area contributed by atoms with Crippen molar-refractivity contribution in [3.8, 4) is 0 Å². The van der Waals surface area contributed by atoms with E-state index in [1.165, 1.54) is 0 Å². The number of pyridine rings is 1. The number of carbonyl (C=O) groups is 1. The molecule has 4 heteroatoms. The number of carboxylic acids is 1. The first kappa shape index (κ1) is 10.7. The van der Waals surface area contributed by atoms with E-state index in [-0.39, 0.29) is 12.3 Å². The van der Waals surface area contributed by atoms with Crippen LogP contribution in [0.5, 0.6) is 0 Å². The molecule has 14 heavy (non-hydrogen) atoms. The zero-order chi connectivity index (χ0) is 10.6. The van der Waals surface area contributed by atoms with Crippen LogP contribution in [0.4, 0.5) is 0 Å². The van der Waals surface area contributed by atoms with Crippen LogP contribution in [0.25, 0.3) is 0 Å². The maximum Gasteiger partial charge on any atom is 0.304 e. The van der Waals surface area contributed by atoms with Crippen molar-refractivity contribution in [1.29, 1.82) is 0 Å². The van der Waals surface area contributed by atoms with Gasteiger partial charge in [-0.15, -0.1) is 0 Å². The van der Waals surface area contributed by atoms with Crippen LogP contribution in [0.15, 0.2) is 18.5 Å². The van der Waals surface area contributed by atoms with E-state index in [1.807, 2.05) is 13.0 Å². The Balaban J connectivity index is 2.89. The smallest absolute Gasteiger partial charge is 0.304 e. The summed E-state index contributed by atoms with van der Waals surface area (Å²) in [5.74, 6) is -0.938. The number of rotatable bonds is 4. The molecular formula is C10H14N2O2. The molecule has 1 rings (SSSR count). The molecule has 0 fully saturated rings. The monoisotopic (exact) mass is 194 g/mol. The Morgan fingerprint density at radius 2 is 2.43 bits per heavy atom. The summed E-state index contributed by atoms with van der Waals surface area (Å²) in [7, 11) is 0. The average Bonchev–Trinajstić information content (AvgIpc) is 2.15. The van der Waals surface area contributed by atoms with Crippen LogP contribution in [-0.4, -0.2) is 22.6 Å². The van der Waals surface area contributed by atoms with Gasteiger partial charge >= 0.3 is 5.97 Å². The Morgan fingerprint density at radius 1 is 1.71 bits per heavy atom. The average molecular weight is 194 g/mol. The topological polar surface area (TPSA) is 76.2 Å². The lowest BCUT2D eigenvalue weighted by molar-refractivity contribution is -0.137. The van der Waals surface area contributed by atoms with Crippen LogP contribution in [0.1, 0.15) is 23.5 Å². The number of hydrogen-bond donors (Lipinski definition) is 2. The first-order valence-electron chi connectivity index (χ1n) is 4.47. The standard InChI is InChI=1S/C10H14N2O2/c1-7-6-12-3-2-9(7)8(5-11)4-10(13)14/h2-3,6,8H,4-5,11H2,1H3,(H,13,14). The number of nitrogens with two attached hydrogens (primary N) is 1. The van der Waals surface area contributed by atoms with Crippen LogP contribution in [0, 0.1) is 6.92 Å². The van der Waals surface area contributed by atoms with Gasteiger partial charge in [-0.1, -0.05) is 0 Å². The van der Waals surface area contributed by atoms with E-state index in [1.54, 1.807) is 12.4 Å². The normalized spacial score (nSPS) is 12.4. The highest BCUT2D eigenvalue weighted by molar-refractivity contribution is 5.68. The highest BCUT2D eigenvalue weighted by Crippen LogP contribution is 2.20. The first-order chi connectivity index (χ1) is 6.65. The Labute approximate surface area is 82.8 Å². The maximum absolute atomic E-state index is 10.6. The Kier molecular flexibility index (Phi) is 3.59. The summed E-state index contributed by atoms with van der Waals surface area (Å²) in [5.41, 5.74) is 7.50. The van der Waals surface area contributed by atoms with Crippen LogP contribution < -0.4 is 5.73 Å². The van der Waals surface area contributed by atoms with Crippen molar-refractivity contribution in [2.75, 3.05) is 6.54 Å². The fraction of sp³-hybridized carbons (Fsp3) is 0.400. The molecule has 1 heterocycles. The molecule has 3 N–H and O–H groups in total. The van der Waals surface area contributed by atoms with Crippen LogP contribution in [-0.2, 0) is 4.79 Å². The van der Waals surface area contributed by atoms with E-state index in [4.69, 9.17) is 10.8 Å². The summed E-state index contributed by atoms with van der Waals surface area (Å²) in [6.07, 6.45) is 3.45. The van der Waals surface area contributed by atoms with Crippen molar-refractivity contribution < 1.29 is 9.90 Å². The second kappa shape index (κ2) is 4.72. The van der Waals surface area contributed by atoms with E-state index in [2.05, 4.69) is 4.98 Å². The second-order valence-electron chi connectivity index (χ2n) is 3.26. The Morgan fingerprint density at radius 3 is 2.93 bits per heavy atom. The van der Waals surface area contributed by atoms with Gasteiger partial charge in [-0.3, -0.25) is 9.78 Å². The second-order valence-corrected chi connectivity index (χ2v) is 3.26. The summed E-state index contributed by atoms with van der Waals surface area (Å²) < 4.78 is 0. The van der Waals surface area contributed by atoms with Crippen molar-refractivity contribution in [2.45, 2.75) is 19.3 Å². The van der Waals surface area contributed by atoms with Crippen LogP contribution >= 0.6 is 0 Å².